The van der Waals surface area contributed by atoms with E-state index in [-0.39, 0.29) is 0 Å². The van der Waals surface area contributed by atoms with Gasteiger partial charge in [0.05, 0.1) is 0 Å². The Balaban J connectivity index is 2.03. The summed E-state index contributed by atoms with van der Waals surface area (Å²) in [4.78, 5) is 4.18. The normalized spacial score (nSPS) is 24.5. The number of hydrogen-bond donors (Lipinski definition) is 1. The van der Waals surface area contributed by atoms with Crippen molar-refractivity contribution in [2.24, 2.45) is 0 Å². The predicted molar refractivity (Wildman–Crippen MR) is 71.0 cm³/mol. The number of piperazine rings is 1. The molecule has 0 spiro atoms. The highest BCUT2D eigenvalue weighted by Crippen LogP contribution is 2.28. The Morgan fingerprint density at radius 1 is 1.56 bits per heavy atom. The van der Waals surface area contributed by atoms with E-state index in [0.29, 0.717) is 12.1 Å². The Hall–Kier alpha value is -0.380. The van der Waals surface area contributed by atoms with Crippen molar-refractivity contribution < 1.29 is 0 Å². The van der Waals surface area contributed by atoms with Crippen LogP contribution in [0.4, 0.5) is 0 Å². The van der Waals surface area contributed by atoms with Gasteiger partial charge in [0.15, 0.2) is 0 Å². The average molecular weight is 238 g/mol. The van der Waals surface area contributed by atoms with Crippen LogP contribution in [0.25, 0.3) is 0 Å². The summed E-state index contributed by atoms with van der Waals surface area (Å²) < 4.78 is 0. The van der Waals surface area contributed by atoms with Crippen LogP contribution in [0.5, 0.6) is 0 Å². The molecular weight excluding hydrogens is 216 g/mol. The minimum Gasteiger partial charge on any atom is -0.311 e. The zero-order valence-corrected chi connectivity index (χ0v) is 11.1. The average Bonchev–Trinajstić information content (AvgIpc) is 2.84. The van der Waals surface area contributed by atoms with Crippen molar-refractivity contribution in [1.29, 1.82) is 0 Å². The molecule has 3 heteroatoms. The molecule has 2 nitrogen and oxygen atoms in total. The molecule has 2 heterocycles. The van der Waals surface area contributed by atoms with E-state index >= 15 is 0 Å². The van der Waals surface area contributed by atoms with Gasteiger partial charge in [-0.25, -0.2) is 0 Å². The first-order valence-electron chi connectivity index (χ1n) is 6.36. The van der Waals surface area contributed by atoms with Crippen molar-refractivity contribution in [3.63, 3.8) is 0 Å². The standard InChI is InChI=1S/C13H22N2S/c1-3-11-10-15(8-7-14-11)12(4-2)13-6-5-9-16-13/h5-6,9,11-12,14H,3-4,7-8,10H2,1-2H3. The molecule has 1 N–H and O–H groups in total. The molecule has 0 aromatic carbocycles. The maximum Gasteiger partial charge on any atom is 0.0440 e. The van der Waals surface area contributed by atoms with Gasteiger partial charge in [0, 0.05) is 36.6 Å². The van der Waals surface area contributed by atoms with Crippen molar-refractivity contribution >= 4 is 11.3 Å². The molecule has 2 atom stereocenters. The second-order valence-electron chi connectivity index (χ2n) is 4.49. The van der Waals surface area contributed by atoms with E-state index in [1.54, 1.807) is 0 Å². The van der Waals surface area contributed by atoms with E-state index in [1.165, 1.54) is 30.8 Å². The predicted octanol–water partition coefficient (Wildman–Crippen LogP) is 2.88. The lowest BCUT2D eigenvalue weighted by Gasteiger charge is -2.38. The van der Waals surface area contributed by atoms with E-state index in [9.17, 15) is 0 Å². The molecule has 1 aromatic heterocycles. The number of nitrogens with zero attached hydrogens (tertiary/aromatic N) is 1. The van der Waals surface area contributed by atoms with Gasteiger partial charge in [-0.3, -0.25) is 4.90 Å². The van der Waals surface area contributed by atoms with Crippen LogP contribution in [0.2, 0.25) is 0 Å². The van der Waals surface area contributed by atoms with Crippen LogP contribution in [-0.2, 0) is 0 Å². The van der Waals surface area contributed by atoms with Crippen LogP contribution in [0.1, 0.15) is 37.6 Å². The van der Waals surface area contributed by atoms with Gasteiger partial charge in [-0.05, 0) is 24.3 Å². The summed E-state index contributed by atoms with van der Waals surface area (Å²) in [5, 5.41) is 5.78. The second-order valence-corrected chi connectivity index (χ2v) is 5.47. The van der Waals surface area contributed by atoms with Gasteiger partial charge in [0.25, 0.3) is 0 Å². The maximum atomic E-state index is 3.58. The minimum atomic E-state index is 0.635. The minimum absolute atomic E-state index is 0.635. The molecule has 1 fully saturated rings. The highest BCUT2D eigenvalue weighted by Gasteiger charge is 2.24. The fourth-order valence-corrected chi connectivity index (χ4v) is 3.47. The smallest absolute Gasteiger partial charge is 0.0440 e. The van der Waals surface area contributed by atoms with E-state index < -0.39 is 0 Å². The Morgan fingerprint density at radius 3 is 3.06 bits per heavy atom. The van der Waals surface area contributed by atoms with Gasteiger partial charge < -0.3 is 5.32 Å². The van der Waals surface area contributed by atoms with Crippen LogP contribution < -0.4 is 5.32 Å². The highest BCUT2D eigenvalue weighted by atomic mass is 32.1. The molecule has 1 aliphatic rings. The first kappa shape index (κ1) is 12.1. The summed E-state index contributed by atoms with van der Waals surface area (Å²) in [5.41, 5.74) is 0. The largest absolute Gasteiger partial charge is 0.311 e. The van der Waals surface area contributed by atoms with Gasteiger partial charge >= 0.3 is 0 Å². The van der Waals surface area contributed by atoms with Gasteiger partial charge in [0.1, 0.15) is 0 Å². The molecule has 2 unspecified atom stereocenters. The van der Waals surface area contributed by atoms with E-state index in [4.69, 9.17) is 0 Å². The number of rotatable bonds is 4. The topological polar surface area (TPSA) is 15.3 Å². The summed E-state index contributed by atoms with van der Waals surface area (Å²) >= 11 is 1.90. The third-order valence-corrected chi connectivity index (χ3v) is 4.45. The van der Waals surface area contributed by atoms with E-state index in [0.717, 1.165) is 6.54 Å². The first-order valence-corrected chi connectivity index (χ1v) is 7.24. The maximum absolute atomic E-state index is 3.58. The molecule has 1 aromatic rings. The van der Waals surface area contributed by atoms with E-state index in [2.05, 4.69) is 41.6 Å². The molecule has 0 saturated carbocycles. The quantitative estimate of drug-likeness (QED) is 0.867. The lowest BCUT2D eigenvalue weighted by molar-refractivity contribution is 0.140. The van der Waals surface area contributed by atoms with Crippen molar-refractivity contribution in [2.75, 3.05) is 19.6 Å². The fourth-order valence-electron chi connectivity index (χ4n) is 2.53. The van der Waals surface area contributed by atoms with Gasteiger partial charge in [-0.15, -0.1) is 11.3 Å². The molecular formula is C13H22N2S. The lowest BCUT2D eigenvalue weighted by atomic mass is 10.1. The molecule has 1 aliphatic heterocycles. The van der Waals surface area contributed by atoms with Crippen LogP contribution in [0.3, 0.4) is 0 Å². The molecule has 2 rings (SSSR count). The van der Waals surface area contributed by atoms with Crippen LogP contribution in [0.15, 0.2) is 17.5 Å². The van der Waals surface area contributed by atoms with E-state index in [1.807, 2.05) is 11.3 Å². The molecule has 0 amide bonds. The molecule has 0 aliphatic carbocycles. The van der Waals surface area contributed by atoms with Crippen LogP contribution in [0, 0.1) is 0 Å². The molecule has 0 radical (unpaired) electrons. The third-order valence-electron chi connectivity index (χ3n) is 3.48. The van der Waals surface area contributed by atoms with Gasteiger partial charge in [-0.1, -0.05) is 19.9 Å². The Kier molecular flexibility index (Phi) is 4.38. The molecule has 16 heavy (non-hydrogen) atoms. The summed E-state index contributed by atoms with van der Waals surface area (Å²) in [5.74, 6) is 0. The Bertz CT molecular complexity index is 297. The van der Waals surface area contributed by atoms with Crippen molar-refractivity contribution in [3.05, 3.63) is 22.4 Å². The number of hydrogen-bond acceptors (Lipinski definition) is 3. The number of nitrogens with one attached hydrogen (secondary N) is 1. The highest BCUT2D eigenvalue weighted by molar-refractivity contribution is 7.10. The lowest BCUT2D eigenvalue weighted by Crippen LogP contribution is -2.51. The Labute approximate surface area is 103 Å². The van der Waals surface area contributed by atoms with Crippen molar-refractivity contribution in [1.82, 2.24) is 10.2 Å². The zero-order valence-electron chi connectivity index (χ0n) is 10.3. The van der Waals surface area contributed by atoms with Crippen LogP contribution >= 0.6 is 11.3 Å². The molecule has 1 saturated heterocycles. The summed E-state index contributed by atoms with van der Waals surface area (Å²) in [6.07, 6.45) is 2.45. The fraction of sp³-hybridized carbons (Fsp3) is 0.692. The molecule has 0 bridgehead atoms. The summed E-state index contributed by atoms with van der Waals surface area (Å²) in [7, 11) is 0. The third kappa shape index (κ3) is 2.65. The van der Waals surface area contributed by atoms with Crippen LogP contribution in [-0.4, -0.2) is 30.6 Å². The SMILES string of the molecule is CCC1CN(C(CC)c2cccs2)CCN1. The first-order chi connectivity index (χ1) is 7.85. The monoisotopic (exact) mass is 238 g/mol. The van der Waals surface area contributed by atoms with Crippen molar-refractivity contribution in [2.45, 2.75) is 38.8 Å². The summed E-state index contributed by atoms with van der Waals surface area (Å²) in [6.45, 7) is 8.10. The van der Waals surface area contributed by atoms with Crippen molar-refractivity contribution in [3.8, 4) is 0 Å². The number of thiophene rings is 1. The second kappa shape index (κ2) is 5.80. The zero-order chi connectivity index (χ0) is 11.4. The van der Waals surface area contributed by atoms with Gasteiger partial charge in [-0.2, -0.15) is 0 Å². The Morgan fingerprint density at radius 2 is 2.44 bits per heavy atom. The molecule has 90 valence electrons. The summed E-state index contributed by atoms with van der Waals surface area (Å²) in [6, 6.07) is 5.77. The van der Waals surface area contributed by atoms with Gasteiger partial charge in [0.2, 0.25) is 0 Å².